The molecule has 2 aromatic heterocycles. The van der Waals surface area contributed by atoms with Crippen LogP contribution in [0.5, 0.6) is 0 Å². The highest BCUT2D eigenvalue weighted by molar-refractivity contribution is 6.00. The van der Waals surface area contributed by atoms with Crippen LogP contribution in [0, 0.1) is 0 Å². The predicted octanol–water partition coefficient (Wildman–Crippen LogP) is 0.483. The largest absolute Gasteiger partial charge is 0.481 e. The highest BCUT2D eigenvalue weighted by atomic mass is 16.5. The average molecular weight is 304 g/mol. The molecule has 1 aliphatic rings. The molecule has 0 atom stereocenters. The minimum atomic E-state index is -0.944. The molecule has 0 aliphatic carbocycles. The van der Waals surface area contributed by atoms with Crippen LogP contribution >= 0.6 is 0 Å². The fourth-order valence-electron chi connectivity index (χ4n) is 2.69. The van der Waals surface area contributed by atoms with Crippen LogP contribution in [-0.4, -0.2) is 50.3 Å². The maximum absolute atomic E-state index is 12.5. The Morgan fingerprint density at radius 2 is 2.18 bits per heavy atom. The van der Waals surface area contributed by atoms with Crippen molar-refractivity contribution in [1.29, 1.82) is 0 Å². The second-order valence-corrected chi connectivity index (χ2v) is 5.36. The number of aliphatic carboxylic acids is 1. The summed E-state index contributed by atoms with van der Waals surface area (Å²) in [6.45, 7) is 0.862. The lowest BCUT2D eigenvalue weighted by molar-refractivity contribution is -0.139. The van der Waals surface area contributed by atoms with Crippen molar-refractivity contribution in [1.82, 2.24) is 19.9 Å². The molecule has 0 spiro atoms. The average Bonchev–Trinajstić information content (AvgIpc) is 2.91. The zero-order valence-electron chi connectivity index (χ0n) is 11.9. The number of carbonyl (C=O) groups excluding carboxylic acids is 1. The fourth-order valence-corrected chi connectivity index (χ4v) is 2.69. The number of carboxylic acids is 1. The van der Waals surface area contributed by atoms with Crippen molar-refractivity contribution in [2.24, 2.45) is 0 Å². The Morgan fingerprint density at radius 3 is 2.91 bits per heavy atom. The lowest BCUT2D eigenvalue weighted by Gasteiger charge is -2.36. The number of rotatable bonds is 4. The summed E-state index contributed by atoms with van der Waals surface area (Å²) >= 11 is 0. The lowest BCUT2D eigenvalue weighted by atomic mass is 9.86. The fraction of sp³-hybridized carbons (Fsp3) is 0.429. The van der Waals surface area contributed by atoms with E-state index in [0.29, 0.717) is 37.3 Å². The molecule has 0 radical (unpaired) electrons. The molecule has 1 amide bonds. The zero-order valence-corrected chi connectivity index (χ0v) is 11.9. The van der Waals surface area contributed by atoms with E-state index in [1.807, 2.05) is 0 Å². The molecule has 2 aromatic rings. The number of nitrogens with one attached hydrogen (secondary N) is 1. The number of nitrogens with zero attached hydrogens (tertiary/aromatic N) is 3. The number of ether oxygens (including phenoxy) is 1. The summed E-state index contributed by atoms with van der Waals surface area (Å²) in [4.78, 5) is 27.8. The third-order valence-corrected chi connectivity index (χ3v) is 3.84. The van der Waals surface area contributed by atoms with E-state index in [4.69, 9.17) is 9.84 Å². The summed E-state index contributed by atoms with van der Waals surface area (Å²) in [6, 6.07) is 1.71. The third kappa shape index (κ3) is 2.77. The molecule has 0 bridgehead atoms. The smallest absolute Gasteiger partial charge is 0.305 e. The minimum absolute atomic E-state index is 0.130. The van der Waals surface area contributed by atoms with E-state index in [0.717, 1.165) is 0 Å². The molecule has 0 saturated carbocycles. The van der Waals surface area contributed by atoms with E-state index in [9.17, 15) is 9.59 Å². The number of carboxylic acid groups (broad SMARTS) is 1. The van der Waals surface area contributed by atoms with Gasteiger partial charge >= 0.3 is 5.97 Å². The van der Waals surface area contributed by atoms with Crippen LogP contribution in [0.1, 0.15) is 29.6 Å². The first-order valence-electron chi connectivity index (χ1n) is 7.00. The van der Waals surface area contributed by atoms with Crippen LogP contribution < -0.4 is 5.32 Å². The Balaban J connectivity index is 1.86. The number of hydrogen-bond acceptors (Lipinski definition) is 5. The van der Waals surface area contributed by atoms with Crippen molar-refractivity contribution in [2.75, 3.05) is 13.2 Å². The van der Waals surface area contributed by atoms with Gasteiger partial charge < -0.3 is 15.2 Å². The zero-order chi connectivity index (χ0) is 15.6. The van der Waals surface area contributed by atoms with E-state index in [2.05, 4.69) is 15.4 Å². The Morgan fingerprint density at radius 1 is 1.41 bits per heavy atom. The topological polar surface area (TPSA) is 106 Å². The lowest BCUT2D eigenvalue weighted by Crippen LogP contribution is -2.53. The highest BCUT2D eigenvalue weighted by Gasteiger charge is 2.37. The number of hydrogen-bond donors (Lipinski definition) is 2. The van der Waals surface area contributed by atoms with Gasteiger partial charge in [0.25, 0.3) is 5.91 Å². The summed E-state index contributed by atoms with van der Waals surface area (Å²) < 4.78 is 6.78. The molecule has 22 heavy (non-hydrogen) atoms. The van der Waals surface area contributed by atoms with Gasteiger partial charge in [0.05, 0.1) is 18.2 Å². The van der Waals surface area contributed by atoms with Gasteiger partial charge in [-0.3, -0.25) is 9.59 Å². The van der Waals surface area contributed by atoms with E-state index >= 15 is 0 Å². The van der Waals surface area contributed by atoms with Crippen molar-refractivity contribution in [3.8, 4) is 0 Å². The molecule has 1 saturated heterocycles. The van der Waals surface area contributed by atoms with Gasteiger partial charge in [0.15, 0.2) is 5.65 Å². The number of carbonyl (C=O) groups is 2. The van der Waals surface area contributed by atoms with E-state index in [1.54, 1.807) is 18.5 Å². The van der Waals surface area contributed by atoms with E-state index in [-0.39, 0.29) is 12.3 Å². The summed E-state index contributed by atoms with van der Waals surface area (Å²) in [6.07, 6.45) is 5.52. The van der Waals surface area contributed by atoms with Gasteiger partial charge in [-0.1, -0.05) is 0 Å². The Bertz CT molecular complexity index is 706. The highest BCUT2D eigenvalue weighted by Crippen LogP contribution is 2.25. The van der Waals surface area contributed by atoms with Gasteiger partial charge in [0.2, 0.25) is 0 Å². The molecule has 2 N–H and O–H groups in total. The maximum atomic E-state index is 12.5. The van der Waals surface area contributed by atoms with Crippen LogP contribution in [0.15, 0.2) is 24.7 Å². The van der Waals surface area contributed by atoms with Gasteiger partial charge in [0.1, 0.15) is 5.56 Å². The first-order valence-corrected chi connectivity index (χ1v) is 7.00. The summed E-state index contributed by atoms with van der Waals surface area (Å²) in [7, 11) is 0. The third-order valence-electron chi connectivity index (χ3n) is 3.84. The summed E-state index contributed by atoms with van der Waals surface area (Å²) in [5.74, 6) is -1.31. The summed E-state index contributed by atoms with van der Waals surface area (Å²) in [5, 5.41) is 16.1. The van der Waals surface area contributed by atoms with Crippen molar-refractivity contribution < 1.29 is 19.4 Å². The Kier molecular flexibility index (Phi) is 3.76. The SMILES string of the molecule is O=C(O)CC1(NC(=O)c2cnn3cccnc23)CCOCC1. The standard InChI is InChI=1S/C14H16N4O4/c19-11(20)8-14(2-6-22-7-3-14)17-13(21)10-9-16-18-5-1-4-15-12(10)18/h1,4-5,9H,2-3,6-8H2,(H,17,21)(H,19,20). The maximum Gasteiger partial charge on any atom is 0.305 e. The molecule has 8 nitrogen and oxygen atoms in total. The molecule has 8 heteroatoms. The van der Waals surface area contributed by atoms with Crippen molar-refractivity contribution in [3.63, 3.8) is 0 Å². The molecular formula is C14H16N4O4. The minimum Gasteiger partial charge on any atom is -0.481 e. The Hall–Kier alpha value is -2.48. The molecule has 1 aliphatic heterocycles. The second kappa shape index (κ2) is 5.72. The molecule has 3 heterocycles. The van der Waals surface area contributed by atoms with Crippen LogP contribution in [0.2, 0.25) is 0 Å². The Labute approximate surface area is 126 Å². The van der Waals surface area contributed by atoms with Gasteiger partial charge in [-0.15, -0.1) is 0 Å². The van der Waals surface area contributed by atoms with Crippen LogP contribution in [0.3, 0.4) is 0 Å². The number of fused-ring (bicyclic) bond motifs is 1. The van der Waals surface area contributed by atoms with Gasteiger partial charge in [-0.25, -0.2) is 9.50 Å². The van der Waals surface area contributed by atoms with E-state index in [1.165, 1.54) is 10.7 Å². The van der Waals surface area contributed by atoms with Gasteiger partial charge in [0, 0.05) is 25.6 Å². The number of amides is 1. The monoisotopic (exact) mass is 304 g/mol. The van der Waals surface area contributed by atoms with Gasteiger partial charge in [-0.2, -0.15) is 5.10 Å². The summed E-state index contributed by atoms with van der Waals surface area (Å²) in [5.41, 5.74) is -0.0149. The van der Waals surface area contributed by atoms with Crippen LogP contribution in [-0.2, 0) is 9.53 Å². The first kappa shape index (κ1) is 14.5. The van der Waals surface area contributed by atoms with Crippen molar-refractivity contribution in [3.05, 3.63) is 30.2 Å². The van der Waals surface area contributed by atoms with Crippen LogP contribution in [0.4, 0.5) is 0 Å². The molecule has 116 valence electrons. The molecule has 3 rings (SSSR count). The molecule has 0 aromatic carbocycles. The molecular weight excluding hydrogens is 288 g/mol. The normalized spacial score (nSPS) is 17.3. The molecule has 0 unspecified atom stereocenters. The van der Waals surface area contributed by atoms with Crippen LogP contribution in [0.25, 0.3) is 5.65 Å². The number of aromatic nitrogens is 3. The predicted molar refractivity (Wildman–Crippen MR) is 75.5 cm³/mol. The molecule has 1 fully saturated rings. The second-order valence-electron chi connectivity index (χ2n) is 5.36. The van der Waals surface area contributed by atoms with Gasteiger partial charge in [-0.05, 0) is 18.9 Å². The van der Waals surface area contributed by atoms with Crippen molar-refractivity contribution in [2.45, 2.75) is 24.8 Å². The van der Waals surface area contributed by atoms with E-state index < -0.39 is 11.5 Å². The van der Waals surface area contributed by atoms with Crippen molar-refractivity contribution >= 4 is 17.5 Å². The first-order chi connectivity index (χ1) is 10.6. The quantitative estimate of drug-likeness (QED) is 0.851.